The average Bonchev–Trinajstić information content (AvgIpc) is 2.94. The van der Waals surface area contributed by atoms with Crippen molar-refractivity contribution in [2.24, 2.45) is 5.92 Å². The number of rotatable bonds is 7. The minimum atomic E-state index is -0.150. The van der Waals surface area contributed by atoms with Crippen LogP contribution < -0.4 is 10.6 Å². The molecule has 2 N–H and O–H groups in total. The molecule has 2 aromatic rings. The zero-order valence-electron chi connectivity index (χ0n) is 13.2. The Labute approximate surface area is 153 Å². The third-order valence-corrected chi connectivity index (χ3v) is 4.93. The lowest BCUT2D eigenvalue weighted by atomic mass is 10.1. The highest BCUT2D eigenvalue weighted by molar-refractivity contribution is 8.01. The summed E-state index contributed by atoms with van der Waals surface area (Å²) in [7, 11) is 0. The van der Waals surface area contributed by atoms with Crippen molar-refractivity contribution in [3.8, 4) is 0 Å². The molecule has 0 saturated heterocycles. The van der Waals surface area contributed by atoms with Crippen molar-refractivity contribution in [1.82, 2.24) is 10.2 Å². The molecule has 0 aliphatic rings. The van der Waals surface area contributed by atoms with Gasteiger partial charge in [-0.3, -0.25) is 9.59 Å². The molecule has 1 heterocycles. The SMILES string of the molecule is CC(C)CC(=O)Nc1nnc(SCC(=O)Nc2ccc(Cl)cc2)s1. The van der Waals surface area contributed by atoms with Crippen molar-refractivity contribution >= 4 is 57.3 Å². The van der Waals surface area contributed by atoms with Gasteiger partial charge in [0.2, 0.25) is 16.9 Å². The van der Waals surface area contributed by atoms with Crippen molar-refractivity contribution in [2.45, 2.75) is 24.6 Å². The van der Waals surface area contributed by atoms with E-state index in [9.17, 15) is 9.59 Å². The Bertz CT molecular complexity index is 704. The molecule has 128 valence electrons. The van der Waals surface area contributed by atoms with Gasteiger partial charge in [-0.1, -0.05) is 48.5 Å². The van der Waals surface area contributed by atoms with Crippen LogP contribution in [0.2, 0.25) is 5.02 Å². The Morgan fingerprint density at radius 3 is 2.54 bits per heavy atom. The maximum atomic E-state index is 11.9. The third kappa shape index (κ3) is 6.46. The summed E-state index contributed by atoms with van der Waals surface area (Å²) in [6, 6.07) is 6.89. The van der Waals surface area contributed by atoms with Crippen LogP contribution in [-0.2, 0) is 9.59 Å². The van der Waals surface area contributed by atoms with Gasteiger partial charge in [0.1, 0.15) is 0 Å². The van der Waals surface area contributed by atoms with E-state index in [4.69, 9.17) is 11.6 Å². The quantitative estimate of drug-likeness (QED) is 0.558. The first-order valence-corrected chi connectivity index (χ1v) is 9.42. The topological polar surface area (TPSA) is 84.0 Å². The van der Waals surface area contributed by atoms with Crippen molar-refractivity contribution in [2.75, 3.05) is 16.4 Å². The number of nitrogens with one attached hydrogen (secondary N) is 2. The summed E-state index contributed by atoms with van der Waals surface area (Å²) < 4.78 is 0.626. The number of carbonyl (C=O) groups excluding carboxylic acids is 2. The first-order valence-electron chi connectivity index (χ1n) is 7.24. The van der Waals surface area contributed by atoms with E-state index in [1.165, 1.54) is 23.1 Å². The molecule has 0 atom stereocenters. The number of anilines is 2. The predicted octanol–water partition coefficient (Wildman–Crippen LogP) is 3.91. The van der Waals surface area contributed by atoms with Gasteiger partial charge in [0.15, 0.2) is 4.34 Å². The van der Waals surface area contributed by atoms with Gasteiger partial charge in [0.25, 0.3) is 0 Å². The van der Waals surface area contributed by atoms with Crippen LogP contribution in [0.15, 0.2) is 28.6 Å². The summed E-state index contributed by atoms with van der Waals surface area (Å²) in [4.78, 5) is 23.6. The molecule has 0 unspecified atom stereocenters. The van der Waals surface area contributed by atoms with Crippen molar-refractivity contribution in [1.29, 1.82) is 0 Å². The standard InChI is InChI=1S/C15H17ClN4O2S2/c1-9(2)7-12(21)18-14-19-20-15(24-14)23-8-13(22)17-11-5-3-10(16)4-6-11/h3-6,9H,7-8H2,1-2H3,(H,17,22)(H,18,19,21). The average molecular weight is 385 g/mol. The van der Waals surface area contributed by atoms with Crippen LogP contribution in [0.3, 0.4) is 0 Å². The minimum absolute atomic E-state index is 0.0850. The van der Waals surface area contributed by atoms with Crippen LogP contribution in [0.4, 0.5) is 10.8 Å². The number of hydrogen-bond donors (Lipinski definition) is 2. The molecule has 0 aliphatic carbocycles. The van der Waals surface area contributed by atoms with E-state index in [1.807, 2.05) is 13.8 Å². The zero-order chi connectivity index (χ0) is 17.5. The number of aromatic nitrogens is 2. The summed E-state index contributed by atoms with van der Waals surface area (Å²) in [5, 5.41) is 14.4. The van der Waals surface area contributed by atoms with Crippen molar-refractivity contribution < 1.29 is 9.59 Å². The molecule has 2 amide bonds. The Morgan fingerprint density at radius 2 is 1.88 bits per heavy atom. The van der Waals surface area contributed by atoms with Crippen LogP contribution in [-0.4, -0.2) is 27.8 Å². The highest BCUT2D eigenvalue weighted by Gasteiger charge is 2.11. The van der Waals surface area contributed by atoms with Gasteiger partial charge in [-0.2, -0.15) is 0 Å². The molecule has 0 spiro atoms. The van der Waals surface area contributed by atoms with Crippen LogP contribution in [0.1, 0.15) is 20.3 Å². The molecule has 24 heavy (non-hydrogen) atoms. The Kier molecular flexibility index (Phi) is 7.01. The van der Waals surface area contributed by atoms with Crippen LogP contribution >= 0.6 is 34.7 Å². The maximum Gasteiger partial charge on any atom is 0.234 e. The number of thioether (sulfide) groups is 1. The molecule has 2 rings (SSSR count). The fourth-order valence-corrected chi connectivity index (χ4v) is 3.41. The van der Waals surface area contributed by atoms with E-state index in [0.717, 1.165) is 0 Å². The first kappa shape index (κ1) is 18.7. The Morgan fingerprint density at radius 1 is 1.17 bits per heavy atom. The number of nitrogens with zero attached hydrogens (tertiary/aromatic N) is 2. The largest absolute Gasteiger partial charge is 0.325 e. The highest BCUT2D eigenvalue weighted by Crippen LogP contribution is 2.26. The van der Waals surface area contributed by atoms with E-state index in [2.05, 4.69) is 20.8 Å². The molecular weight excluding hydrogens is 368 g/mol. The Balaban J connectivity index is 1.79. The van der Waals surface area contributed by atoms with Gasteiger partial charge in [-0.05, 0) is 30.2 Å². The maximum absolute atomic E-state index is 11.9. The number of carbonyl (C=O) groups is 2. The fraction of sp³-hybridized carbons (Fsp3) is 0.333. The van der Waals surface area contributed by atoms with E-state index in [0.29, 0.717) is 26.6 Å². The van der Waals surface area contributed by atoms with Crippen molar-refractivity contribution in [3.63, 3.8) is 0 Å². The number of halogens is 1. The molecule has 0 radical (unpaired) electrons. The molecule has 0 bridgehead atoms. The monoisotopic (exact) mass is 384 g/mol. The molecule has 1 aromatic carbocycles. The summed E-state index contributed by atoms with van der Waals surface area (Å²) in [6.45, 7) is 3.94. The van der Waals surface area contributed by atoms with Gasteiger partial charge in [0, 0.05) is 17.1 Å². The molecule has 0 saturated carbocycles. The normalized spacial score (nSPS) is 10.7. The Hall–Kier alpha value is -1.64. The lowest BCUT2D eigenvalue weighted by Gasteiger charge is -2.04. The summed E-state index contributed by atoms with van der Waals surface area (Å²) in [5.41, 5.74) is 0.684. The zero-order valence-corrected chi connectivity index (χ0v) is 15.6. The predicted molar refractivity (Wildman–Crippen MR) is 98.8 cm³/mol. The summed E-state index contributed by atoms with van der Waals surface area (Å²) >= 11 is 8.31. The smallest absolute Gasteiger partial charge is 0.234 e. The fourth-order valence-electron chi connectivity index (χ4n) is 1.72. The lowest BCUT2D eigenvalue weighted by Crippen LogP contribution is -2.13. The minimum Gasteiger partial charge on any atom is -0.325 e. The number of hydrogen-bond acceptors (Lipinski definition) is 6. The molecule has 1 aromatic heterocycles. The van der Waals surface area contributed by atoms with Gasteiger partial charge in [-0.15, -0.1) is 10.2 Å². The summed E-state index contributed by atoms with van der Waals surface area (Å²) in [6.07, 6.45) is 0.436. The van der Waals surface area contributed by atoms with E-state index >= 15 is 0 Å². The van der Waals surface area contributed by atoms with Gasteiger partial charge >= 0.3 is 0 Å². The first-order chi connectivity index (χ1) is 11.4. The molecule has 0 fully saturated rings. The van der Waals surface area contributed by atoms with Crippen molar-refractivity contribution in [3.05, 3.63) is 29.3 Å². The highest BCUT2D eigenvalue weighted by atomic mass is 35.5. The van der Waals surface area contributed by atoms with Crippen LogP contribution in [0.5, 0.6) is 0 Å². The van der Waals surface area contributed by atoms with Gasteiger partial charge < -0.3 is 10.6 Å². The molecule has 9 heteroatoms. The second-order valence-electron chi connectivity index (χ2n) is 5.36. The second kappa shape index (κ2) is 9.00. The van der Waals surface area contributed by atoms with E-state index in [-0.39, 0.29) is 23.5 Å². The summed E-state index contributed by atoms with van der Waals surface area (Å²) in [5.74, 6) is 0.251. The van der Waals surface area contributed by atoms with E-state index in [1.54, 1.807) is 24.3 Å². The molecular formula is C15H17ClN4O2S2. The second-order valence-corrected chi connectivity index (χ2v) is 8.00. The number of benzene rings is 1. The third-order valence-electron chi connectivity index (χ3n) is 2.70. The van der Waals surface area contributed by atoms with Gasteiger partial charge in [-0.25, -0.2) is 0 Å². The lowest BCUT2D eigenvalue weighted by molar-refractivity contribution is -0.117. The van der Waals surface area contributed by atoms with E-state index < -0.39 is 0 Å². The van der Waals surface area contributed by atoms with Crippen LogP contribution in [0.25, 0.3) is 0 Å². The van der Waals surface area contributed by atoms with Gasteiger partial charge in [0.05, 0.1) is 5.75 Å². The molecule has 0 aliphatic heterocycles. The van der Waals surface area contributed by atoms with Crippen LogP contribution in [0, 0.1) is 5.92 Å². The molecule has 6 nitrogen and oxygen atoms in total. The number of amides is 2.